The van der Waals surface area contributed by atoms with Gasteiger partial charge in [-0.3, -0.25) is 14.5 Å². The van der Waals surface area contributed by atoms with Crippen LogP contribution in [0.25, 0.3) is 16.8 Å². The van der Waals surface area contributed by atoms with Crippen LogP contribution < -0.4 is 15.6 Å². The summed E-state index contributed by atoms with van der Waals surface area (Å²) in [5.41, 5.74) is 7.40. The number of aryl methyl sites for hydroxylation is 1. The molecule has 0 unspecified atom stereocenters. The van der Waals surface area contributed by atoms with E-state index in [-0.39, 0.29) is 16.7 Å². The van der Waals surface area contributed by atoms with E-state index in [4.69, 9.17) is 18.4 Å². The number of thiazole rings is 1. The first kappa shape index (κ1) is 26.1. The fraction of sp³-hybridized carbons (Fsp3) is 0.238. The summed E-state index contributed by atoms with van der Waals surface area (Å²) < 4.78 is 18.3. The summed E-state index contributed by atoms with van der Waals surface area (Å²) >= 11 is 8.48. The third-order valence-electron chi connectivity index (χ3n) is 5.56. The molecule has 3 aromatic heterocycles. The van der Waals surface area contributed by atoms with E-state index in [2.05, 4.69) is 29.7 Å². The number of anilines is 1. The highest BCUT2D eigenvalue weighted by molar-refractivity contribution is 8.00. The maximum absolute atomic E-state index is 13.1. The number of nitrogens with zero attached hydrogens (tertiary/aromatic N) is 6. The summed E-state index contributed by atoms with van der Waals surface area (Å²) in [5.74, 6) is -1.23. The second-order valence-electron chi connectivity index (χ2n) is 7.90. The van der Waals surface area contributed by atoms with Crippen molar-refractivity contribution in [2.45, 2.75) is 11.4 Å². The number of fused-ring (bicyclic) bond motifs is 1. The largest absolute Gasteiger partial charge is 0.735 e. The van der Waals surface area contributed by atoms with E-state index in [9.17, 15) is 18.8 Å². The lowest BCUT2D eigenvalue weighted by atomic mass is 10.0. The summed E-state index contributed by atoms with van der Waals surface area (Å²) in [4.78, 5) is 52.7. The second-order valence-corrected chi connectivity index (χ2v) is 11.0. The maximum Gasteiger partial charge on any atom is 0.278 e. The molecule has 2 amide bonds. The van der Waals surface area contributed by atoms with Crippen molar-refractivity contribution in [2.24, 2.45) is 12.2 Å². The van der Waals surface area contributed by atoms with Crippen LogP contribution in [0.2, 0.25) is 0 Å². The number of alkyl halides is 1. The minimum Gasteiger partial charge on any atom is -0.735 e. The van der Waals surface area contributed by atoms with Crippen molar-refractivity contribution in [3.8, 4) is 11.3 Å². The van der Waals surface area contributed by atoms with Gasteiger partial charge < -0.3 is 33.3 Å². The highest BCUT2D eigenvalue weighted by Gasteiger charge is 2.53. The molecule has 0 bridgehead atoms. The Balaban J connectivity index is 1.38. The van der Waals surface area contributed by atoms with Crippen molar-refractivity contribution in [1.29, 1.82) is 0 Å². The number of hydrogen-bond donors (Lipinski definition) is 2. The molecular weight excluding hydrogens is 576 g/mol. The van der Waals surface area contributed by atoms with E-state index in [0.29, 0.717) is 16.3 Å². The standard InChI is InChI=1S/C21H17FN8O4S4/c1-29-4-2-9(3-5-29)11-7-36-17(24-11)10-6-37-19-13(18(32)30(19)14(10)20(33)35)25-16(31)12(27-34-8-22)15-26-21(23)38-28-15/h2-5,7,13,19H,6,8H2,1H3,(H3-,23,25,26,28,31,33,35)/b27-12-/t13-,19-/m1/s1. The van der Waals surface area contributed by atoms with Gasteiger partial charge in [-0.05, 0) is 0 Å². The smallest absolute Gasteiger partial charge is 0.278 e. The average molecular weight is 593 g/mol. The number of halogens is 1. The van der Waals surface area contributed by atoms with E-state index < -0.39 is 40.9 Å². The van der Waals surface area contributed by atoms with Crippen LogP contribution >= 0.6 is 34.6 Å². The number of nitrogens with one attached hydrogen (secondary N) is 1. The highest BCUT2D eigenvalue weighted by Crippen LogP contribution is 2.44. The molecule has 1 saturated heterocycles. The van der Waals surface area contributed by atoms with Gasteiger partial charge in [0.05, 0.1) is 16.5 Å². The van der Waals surface area contributed by atoms with Gasteiger partial charge >= 0.3 is 0 Å². The molecule has 2 aliphatic rings. The second kappa shape index (κ2) is 10.7. The normalized spacial score (nSPS) is 19.2. The predicted molar refractivity (Wildman–Crippen MR) is 141 cm³/mol. The van der Waals surface area contributed by atoms with Gasteiger partial charge in [0.15, 0.2) is 17.5 Å². The van der Waals surface area contributed by atoms with E-state index >= 15 is 0 Å². The van der Waals surface area contributed by atoms with Gasteiger partial charge in [-0.1, -0.05) is 5.16 Å². The van der Waals surface area contributed by atoms with Crippen molar-refractivity contribution in [3.63, 3.8) is 0 Å². The Kier molecular flexibility index (Phi) is 7.33. The van der Waals surface area contributed by atoms with E-state index in [0.717, 1.165) is 22.8 Å². The Labute approximate surface area is 232 Å². The molecule has 38 heavy (non-hydrogen) atoms. The lowest BCUT2D eigenvalue weighted by Crippen LogP contribution is -2.70. The van der Waals surface area contributed by atoms with Gasteiger partial charge in [-0.25, -0.2) is 13.9 Å². The molecule has 2 aliphatic heterocycles. The molecule has 0 radical (unpaired) electrons. The fourth-order valence-electron chi connectivity index (χ4n) is 3.80. The van der Waals surface area contributed by atoms with Crippen LogP contribution in [0.4, 0.5) is 9.52 Å². The Morgan fingerprint density at radius 2 is 2.13 bits per heavy atom. The van der Waals surface area contributed by atoms with Gasteiger partial charge in [-0.2, -0.15) is 9.36 Å². The molecule has 0 spiro atoms. The molecule has 5 heterocycles. The zero-order valence-electron chi connectivity index (χ0n) is 19.4. The minimum absolute atomic E-state index is 0.0624. The number of aromatic nitrogens is 4. The first-order valence-electron chi connectivity index (χ1n) is 10.8. The SMILES string of the molecule is C[n+]1ccc(-c2csc(C3=C(C(=O)[S-])N4C(=O)[C@@H](NC(=O)/C(=N\OCF)c5nsc(N)n5)[C@H]4SC3)n2)cc1. The number of nitrogens with two attached hydrogens (primary N) is 1. The Morgan fingerprint density at radius 1 is 1.37 bits per heavy atom. The van der Waals surface area contributed by atoms with Crippen molar-refractivity contribution in [1.82, 2.24) is 24.6 Å². The molecule has 3 N–H and O–H groups in total. The fourth-order valence-corrected chi connectivity index (χ4v) is 6.77. The van der Waals surface area contributed by atoms with Crippen LogP contribution in [0.3, 0.4) is 0 Å². The summed E-state index contributed by atoms with van der Waals surface area (Å²) in [6.45, 7) is -1.29. The number of nitrogen functional groups attached to an aromatic ring is 1. The van der Waals surface area contributed by atoms with Crippen LogP contribution in [-0.4, -0.2) is 65.9 Å². The number of carbonyl (C=O) groups is 3. The van der Waals surface area contributed by atoms with Crippen LogP contribution in [-0.2, 0) is 38.9 Å². The summed E-state index contributed by atoms with van der Waals surface area (Å²) in [5, 5.41) is 7.19. The maximum atomic E-state index is 13.1. The zero-order valence-corrected chi connectivity index (χ0v) is 22.6. The molecular formula is C21H17FN8O4S4. The minimum atomic E-state index is -1.29. The van der Waals surface area contributed by atoms with Gasteiger partial charge in [-0.15, -0.1) is 23.1 Å². The lowest BCUT2D eigenvalue weighted by Gasteiger charge is -2.50. The Morgan fingerprint density at radius 3 is 2.79 bits per heavy atom. The molecule has 2 atom stereocenters. The number of hydrogen-bond acceptors (Lipinski definition) is 13. The van der Waals surface area contributed by atoms with Crippen molar-refractivity contribution in [3.05, 3.63) is 46.4 Å². The van der Waals surface area contributed by atoms with Crippen molar-refractivity contribution < 1.29 is 28.2 Å². The Hall–Kier alpha value is -3.54. The third kappa shape index (κ3) is 4.84. The lowest BCUT2D eigenvalue weighted by molar-refractivity contribution is -0.671. The molecule has 3 aromatic rings. The first-order chi connectivity index (χ1) is 18.3. The molecule has 0 aliphatic carbocycles. The number of β-lactam (4-membered cyclic amide) rings is 1. The average Bonchev–Trinajstić information content (AvgIpc) is 3.56. The number of thioether (sulfide) groups is 1. The zero-order chi connectivity index (χ0) is 27.0. The number of rotatable bonds is 8. The molecule has 12 nitrogen and oxygen atoms in total. The van der Waals surface area contributed by atoms with Crippen molar-refractivity contribution in [2.75, 3.05) is 18.3 Å². The summed E-state index contributed by atoms with van der Waals surface area (Å²) in [6.07, 6.45) is 3.80. The molecule has 196 valence electrons. The Bertz CT molecular complexity index is 1490. The number of carbonyl (C=O) groups excluding carboxylic acids is 3. The van der Waals surface area contributed by atoms with Crippen LogP contribution in [0, 0.1) is 0 Å². The molecule has 0 aromatic carbocycles. The predicted octanol–water partition coefficient (Wildman–Crippen LogP) is 0.601. The van der Waals surface area contributed by atoms with Crippen molar-refractivity contribution >= 4 is 80.6 Å². The third-order valence-corrected chi connectivity index (χ3v) is 8.48. The van der Waals surface area contributed by atoms with E-state index in [1.165, 1.54) is 28.0 Å². The molecule has 1 fully saturated rings. The quantitative estimate of drug-likeness (QED) is 0.125. The monoisotopic (exact) mass is 592 g/mol. The topological polar surface area (TPSA) is 157 Å². The molecule has 5 rings (SSSR count). The van der Waals surface area contributed by atoms with E-state index in [1.807, 2.05) is 41.5 Å². The summed E-state index contributed by atoms with van der Waals surface area (Å²) in [7, 11) is 1.91. The van der Waals surface area contributed by atoms with Crippen LogP contribution in [0.15, 0.2) is 40.8 Å². The number of amides is 2. The number of pyridine rings is 1. The molecule has 17 heteroatoms. The van der Waals surface area contributed by atoms with Crippen LogP contribution in [0.5, 0.6) is 0 Å². The highest BCUT2D eigenvalue weighted by atomic mass is 32.2. The van der Waals surface area contributed by atoms with Gasteiger partial charge in [0.1, 0.15) is 23.5 Å². The van der Waals surface area contributed by atoms with Gasteiger partial charge in [0, 0.05) is 45.9 Å². The van der Waals surface area contributed by atoms with Gasteiger partial charge in [0.2, 0.25) is 11.5 Å². The van der Waals surface area contributed by atoms with Gasteiger partial charge in [0.25, 0.3) is 18.7 Å². The first-order valence-corrected chi connectivity index (χ1v) is 13.9. The van der Waals surface area contributed by atoms with E-state index in [1.54, 1.807) is 0 Å². The summed E-state index contributed by atoms with van der Waals surface area (Å²) in [6, 6.07) is 2.85. The number of oxime groups is 1. The molecule has 0 saturated carbocycles. The van der Waals surface area contributed by atoms with Crippen LogP contribution in [0.1, 0.15) is 10.8 Å².